The van der Waals surface area contributed by atoms with Gasteiger partial charge in [-0.3, -0.25) is 9.59 Å². The molecule has 7 heteroatoms. The smallest absolute Gasteiger partial charge is 0.407 e. The van der Waals surface area contributed by atoms with Gasteiger partial charge < -0.3 is 20.5 Å². The minimum absolute atomic E-state index is 0.0339. The first-order chi connectivity index (χ1) is 17.0. The van der Waals surface area contributed by atoms with Crippen molar-refractivity contribution in [2.45, 2.75) is 57.4 Å². The third-order valence-corrected chi connectivity index (χ3v) is 7.16. The van der Waals surface area contributed by atoms with E-state index in [1.807, 2.05) is 31.2 Å². The fourth-order valence-electron chi connectivity index (χ4n) is 5.28. The van der Waals surface area contributed by atoms with Gasteiger partial charge in [-0.2, -0.15) is 0 Å². The molecule has 1 atom stereocenters. The van der Waals surface area contributed by atoms with Gasteiger partial charge in [0, 0.05) is 18.9 Å². The van der Waals surface area contributed by atoms with Crippen LogP contribution in [0, 0.1) is 11.8 Å². The zero-order valence-electron chi connectivity index (χ0n) is 20.2. The van der Waals surface area contributed by atoms with Crippen LogP contribution in [0.2, 0.25) is 0 Å². The molecule has 35 heavy (non-hydrogen) atoms. The topological polar surface area (TPSA) is 105 Å². The molecule has 0 spiro atoms. The van der Waals surface area contributed by atoms with Crippen LogP contribution >= 0.6 is 0 Å². The number of alkyl carbamates (subject to hydrolysis) is 1. The molecule has 3 N–H and O–H groups in total. The third-order valence-electron chi connectivity index (χ3n) is 7.16. The highest BCUT2D eigenvalue weighted by Crippen LogP contribution is 2.44. The lowest BCUT2D eigenvalue weighted by Gasteiger charge is -2.34. The number of amides is 2. The number of aliphatic carboxylic acids is 1. The standard InChI is InChI=1S/C28H34N2O5/c1-2-3-12-25(27(33)29-16-19-13-18(14-19)15-26(31)32)30-28(34)35-17-24-22-10-6-4-8-20(22)21-9-5-7-11-23(21)24/h4-11,18-19,24-25H,2-3,12-17H2,1H3,(H,29,33)(H,30,34)(H,31,32). The van der Waals surface area contributed by atoms with Crippen molar-refractivity contribution in [1.29, 1.82) is 0 Å². The van der Waals surface area contributed by atoms with Gasteiger partial charge in [0.25, 0.3) is 0 Å². The molecule has 186 valence electrons. The predicted molar refractivity (Wildman–Crippen MR) is 133 cm³/mol. The van der Waals surface area contributed by atoms with Crippen LogP contribution in [0.4, 0.5) is 4.79 Å². The van der Waals surface area contributed by atoms with Crippen LogP contribution in [0.3, 0.4) is 0 Å². The number of carboxylic acids is 1. The van der Waals surface area contributed by atoms with E-state index < -0.39 is 18.1 Å². The third kappa shape index (κ3) is 6.02. The van der Waals surface area contributed by atoms with Gasteiger partial charge in [0.15, 0.2) is 0 Å². The number of ether oxygens (including phenoxy) is 1. The Morgan fingerprint density at radius 3 is 2.23 bits per heavy atom. The minimum Gasteiger partial charge on any atom is -0.481 e. The Labute approximate surface area is 206 Å². The summed E-state index contributed by atoms with van der Waals surface area (Å²) in [5, 5.41) is 14.6. The van der Waals surface area contributed by atoms with Gasteiger partial charge in [-0.1, -0.05) is 68.3 Å². The summed E-state index contributed by atoms with van der Waals surface area (Å²) in [5.41, 5.74) is 4.62. The molecule has 2 aromatic carbocycles. The SMILES string of the molecule is CCCCC(NC(=O)OCC1c2ccccc2-c2ccccc21)C(=O)NCC1CC(CC(=O)O)C1. The summed E-state index contributed by atoms with van der Waals surface area (Å²) >= 11 is 0. The predicted octanol–water partition coefficient (Wildman–Crippen LogP) is 4.70. The van der Waals surface area contributed by atoms with Crippen molar-refractivity contribution >= 4 is 18.0 Å². The summed E-state index contributed by atoms with van der Waals surface area (Å²) in [6.45, 7) is 2.75. The number of carbonyl (C=O) groups excluding carboxylic acids is 2. The van der Waals surface area contributed by atoms with Crippen molar-refractivity contribution in [2.24, 2.45) is 11.8 Å². The molecular weight excluding hydrogens is 444 g/mol. The second-order valence-corrected chi connectivity index (χ2v) is 9.71. The number of hydrogen-bond acceptors (Lipinski definition) is 4. The molecule has 0 radical (unpaired) electrons. The van der Waals surface area contributed by atoms with Crippen molar-refractivity contribution < 1.29 is 24.2 Å². The summed E-state index contributed by atoms with van der Waals surface area (Å²) in [5.74, 6) is -0.527. The molecule has 4 rings (SSSR count). The largest absolute Gasteiger partial charge is 0.481 e. The number of hydrogen-bond donors (Lipinski definition) is 3. The molecular formula is C28H34N2O5. The summed E-state index contributed by atoms with van der Waals surface area (Å²) in [6, 6.07) is 15.7. The first kappa shape index (κ1) is 24.8. The van der Waals surface area contributed by atoms with Crippen LogP contribution in [-0.2, 0) is 14.3 Å². The van der Waals surface area contributed by atoms with E-state index in [1.165, 1.54) is 11.1 Å². The molecule has 2 aromatic rings. The van der Waals surface area contributed by atoms with Gasteiger partial charge in [-0.25, -0.2) is 4.79 Å². The van der Waals surface area contributed by atoms with E-state index in [2.05, 4.69) is 34.9 Å². The average Bonchev–Trinajstić information content (AvgIpc) is 3.15. The number of carbonyl (C=O) groups is 3. The number of benzene rings is 2. The summed E-state index contributed by atoms with van der Waals surface area (Å²) in [7, 11) is 0. The second kappa shape index (κ2) is 11.4. The summed E-state index contributed by atoms with van der Waals surface area (Å²) in [6.07, 6.45) is 3.49. The highest BCUT2D eigenvalue weighted by Gasteiger charge is 2.32. The van der Waals surface area contributed by atoms with E-state index in [-0.39, 0.29) is 30.8 Å². The van der Waals surface area contributed by atoms with Gasteiger partial charge in [-0.15, -0.1) is 0 Å². The number of carboxylic acid groups (broad SMARTS) is 1. The van der Waals surface area contributed by atoms with E-state index in [4.69, 9.17) is 9.84 Å². The maximum absolute atomic E-state index is 12.8. The Kier molecular flexibility index (Phi) is 8.06. The first-order valence-corrected chi connectivity index (χ1v) is 12.6. The summed E-state index contributed by atoms with van der Waals surface area (Å²) < 4.78 is 5.62. The zero-order chi connectivity index (χ0) is 24.8. The molecule has 1 saturated carbocycles. The van der Waals surface area contributed by atoms with E-state index in [1.54, 1.807) is 0 Å². The molecule has 2 aliphatic carbocycles. The molecule has 0 aliphatic heterocycles. The molecule has 1 unspecified atom stereocenters. The number of rotatable bonds is 11. The number of nitrogens with one attached hydrogen (secondary N) is 2. The van der Waals surface area contributed by atoms with Crippen molar-refractivity contribution in [2.75, 3.05) is 13.2 Å². The normalized spacial score (nSPS) is 19.1. The van der Waals surface area contributed by atoms with Crippen molar-refractivity contribution in [3.05, 3.63) is 59.7 Å². The van der Waals surface area contributed by atoms with Crippen LogP contribution in [0.5, 0.6) is 0 Å². The maximum Gasteiger partial charge on any atom is 0.407 e. The van der Waals surface area contributed by atoms with Crippen LogP contribution in [0.1, 0.15) is 62.5 Å². The number of unbranched alkanes of at least 4 members (excludes halogenated alkanes) is 1. The van der Waals surface area contributed by atoms with Crippen molar-refractivity contribution in [3.8, 4) is 11.1 Å². The molecule has 0 heterocycles. The van der Waals surface area contributed by atoms with Gasteiger partial charge in [0.1, 0.15) is 12.6 Å². The van der Waals surface area contributed by atoms with Gasteiger partial charge >= 0.3 is 12.1 Å². The quantitative estimate of drug-likeness (QED) is 0.434. The lowest BCUT2D eigenvalue weighted by atomic mass is 9.73. The van der Waals surface area contributed by atoms with E-state index in [9.17, 15) is 14.4 Å². The fourth-order valence-corrected chi connectivity index (χ4v) is 5.28. The second-order valence-electron chi connectivity index (χ2n) is 9.71. The van der Waals surface area contributed by atoms with Gasteiger partial charge in [-0.05, 0) is 53.4 Å². The van der Waals surface area contributed by atoms with Crippen molar-refractivity contribution in [3.63, 3.8) is 0 Å². The Hall–Kier alpha value is -3.35. The Balaban J connectivity index is 1.29. The fraction of sp³-hybridized carbons (Fsp3) is 0.464. The molecule has 2 aliphatic rings. The lowest BCUT2D eigenvalue weighted by molar-refractivity contribution is -0.139. The number of fused-ring (bicyclic) bond motifs is 3. The Morgan fingerprint density at radius 1 is 1.00 bits per heavy atom. The molecule has 1 fully saturated rings. The monoisotopic (exact) mass is 478 g/mol. The van der Waals surface area contributed by atoms with Crippen molar-refractivity contribution in [1.82, 2.24) is 10.6 Å². The molecule has 0 saturated heterocycles. The molecule has 0 bridgehead atoms. The van der Waals surface area contributed by atoms with Crippen LogP contribution in [-0.4, -0.2) is 42.3 Å². The minimum atomic E-state index is -0.774. The highest BCUT2D eigenvalue weighted by atomic mass is 16.5. The van der Waals surface area contributed by atoms with Crippen LogP contribution < -0.4 is 10.6 Å². The first-order valence-electron chi connectivity index (χ1n) is 12.6. The van der Waals surface area contributed by atoms with Crippen LogP contribution in [0.25, 0.3) is 11.1 Å². The van der Waals surface area contributed by atoms with E-state index in [0.717, 1.165) is 36.8 Å². The Morgan fingerprint density at radius 2 is 1.63 bits per heavy atom. The maximum atomic E-state index is 12.8. The molecule has 2 amide bonds. The van der Waals surface area contributed by atoms with Gasteiger partial charge in [0.05, 0.1) is 0 Å². The highest BCUT2D eigenvalue weighted by molar-refractivity contribution is 5.85. The summed E-state index contributed by atoms with van der Waals surface area (Å²) in [4.78, 5) is 36.3. The average molecular weight is 479 g/mol. The van der Waals surface area contributed by atoms with E-state index >= 15 is 0 Å². The molecule has 7 nitrogen and oxygen atoms in total. The zero-order valence-corrected chi connectivity index (χ0v) is 20.2. The van der Waals surface area contributed by atoms with Crippen LogP contribution in [0.15, 0.2) is 48.5 Å². The molecule has 0 aromatic heterocycles. The Bertz CT molecular complexity index is 1020. The lowest BCUT2D eigenvalue weighted by Crippen LogP contribution is -2.49. The van der Waals surface area contributed by atoms with Gasteiger partial charge in [0.2, 0.25) is 5.91 Å². The van der Waals surface area contributed by atoms with E-state index in [0.29, 0.717) is 18.9 Å².